The highest BCUT2D eigenvalue weighted by Crippen LogP contribution is 2.19. The molecular formula is C19H22N4O4. The number of benzene rings is 1. The number of furan rings is 1. The van der Waals surface area contributed by atoms with E-state index in [2.05, 4.69) is 10.6 Å². The predicted molar refractivity (Wildman–Crippen MR) is 98.8 cm³/mol. The largest absolute Gasteiger partial charge is 0.472 e. The van der Waals surface area contributed by atoms with Gasteiger partial charge in [-0.1, -0.05) is 12.1 Å². The highest BCUT2D eigenvalue weighted by Gasteiger charge is 2.29. The first-order valence-electron chi connectivity index (χ1n) is 8.77. The molecule has 2 aromatic rings. The second-order valence-electron chi connectivity index (χ2n) is 6.51. The summed E-state index contributed by atoms with van der Waals surface area (Å²) in [6.07, 6.45) is 4.42. The van der Waals surface area contributed by atoms with Crippen molar-refractivity contribution in [2.45, 2.75) is 19.4 Å². The lowest BCUT2D eigenvalue weighted by Crippen LogP contribution is -2.45. The quantitative estimate of drug-likeness (QED) is 0.745. The number of hydrogen-bond donors (Lipinski definition) is 3. The molecule has 1 aromatic carbocycles. The van der Waals surface area contributed by atoms with E-state index in [1.54, 1.807) is 35.2 Å². The van der Waals surface area contributed by atoms with Crippen LogP contribution in [0.5, 0.6) is 0 Å². The van der Waals surface area contributed by atoms with Crippen LogP contribution in [-0.2, 0) is 11.3 Å². The van der Waals surface area contributed by atoms with E-state index in [0.29, 0.717) is 30.9 Å². The Morgan fingerprint density at radius 3 is 2.63 bits per heavy atom. The molecule has 1 unspecified atom stereocenters. The van der Waals surface area contributed by atoms with Crippen LogP contribution in [-0.4, -0.2) is 35.8 Å². The Morgan fingerprint density at radius 2 is 1.96 bits per heavy atom. The van der Waals surface area contributed by atoms with Crippen molar-refractivity contribution >= 4 is 23.5 Å². The van der Waals surface area contributed by atoms with Gasteiger partial charge >= 0.3 is 6.03 Å². The number of carbonyl (C=O) groups excluding carboxylic acids is 3. The molecule has 8 nitrogen and oxygen atoms in total. The molecule has 0 saturated carbocycles. The first-order chi connectivity index (χ1) is 13.0. The average Bonchev–Trinajstić information content (AvgIpc) is 3.21. The smallest absolute Gasteiger partial charge is 0.316 e. The van der Waals surface area contributed by atoms with E-state index in [9.17, 15) is 14.4 Å². The highest BCUT2D eigenvalue weighted by molar-refractivity contribution is 5.94. The van der Waals surface area contributed by atoms with Gasteiger partial charge in [0, 0.05) is 25.3 Å². The molecule has 142 valence electrons. The van der Waals surface area contributed by atoms with Crippen LogP contribution >= 0.6 is 0 Å². The molecule has 0 aliphatic carbocycles. The van der Waals surface area contributed by atoms with Gasteiger partial charge in [-0.3, -0.25) is 9.59 Å². The molecular weight excluding hydrogens is 348 g/mol. The van der Waals surface area contributed by atoms with Gasteiger partial charge in [0.15, 0.2) is 0 Å². The number of nitrogens with one attached hydrogen (secondary N) is 2. The number of urea groups is 1. The zero-order chi connectivity index (χ0) is 19.2. The lowest BCUT2D eigenvalue weighted by atomic mass is 9.96. The number of likely N-dealkylation sites (tertiary alicyclic amines) is 1. The van der Waals surface area contributed by atoms with Crippen LogP contribution in [0, 0.1) is 5.92 Å². The Labute approximate surface area is 156 Å². The third-order valence-electron chi connectivity index (χ3n) is 4.54. The third-order valence-corrected chi connectivity index (χ3v) is 4.54. The molecule has 0 bridgehead atoms. The average molecular weight is 370 g/mol. The standard InChI is InChI=1S/C19H22N4O4/c20-19(26)22-16-5-3-13(4-6-16)10-21-17(24)14-2-1-8-23(11-14)18(25)15-7-9-27-12-15/h3-7,9,12,14H,1-2,8,10-11H2,(H,21,24)(H3,20,22,26). The van der Waals surface area contributed by atoms with E-state index in [0.717, 1.165) is 18.4 Å². The summed E-state index contributed by atoms with van der Waals surface area (Å²) < 4.78 is 4.96. The van der Waals surface area contributed by atoms with Gasteiger partial charge in [0.1, 0.15) is 6.26 Å². The minimum absolute atomic E-state index is 0.0703. The Morgan fingerprint density at radius 1 is 1.19 bits per heavy atom. The molecule has 1 saturated heterocycles. The molecule has 1 aliphatic heterocycles. The maximum atomic E-state index is 12.5. The number of primary amides is 1. The summed E-state index contributed by atoms with van der Waals surface area (Å²) in [5.41, 5.74) is 7.07. The molecule has 4 amide bonds. The molecule has 0 radical (unpaired) electrons. The van der Waals surface area contributed by atoms with E-state index in [1.165, 1.54) is 12.5 Å². The Bertz CT molecular complexity index is 802. The van der Waals surface area contributed by atoms with Crippen molar-refractivity contribution in [3.63, 3.8) is 0 Å². The molecule has 1 fully saturated rings. The van der Waals surface area contributed by atoms with Gasteiger partial charge in [-0.05, 0) is 36.6 Å². The highest BCUT2D eigenvalue weighted by atomic mass is 16.3. The lowest BCUT2D eigenvalue weighted by Gasteiger charge is -2.31. The first kappa shape index (κ1) is 18.5. The fourth-order valence-corrected chi connectivity index (χ4v) is 3.13. The zero-order valence-electron chi connectivity index (χ0n) is 14.8. The van der Waals surface area contributed by atoms with Crippen LogP contribution in [0.25, 0.3) is 0 Å². The van der Waals surface area contributed by atoms with Crippen molar-refractivity contribution in [2.75, 3.05) is 18.4 Å². The van der Waals surface area contributed by atoms with Crippen molar-refractivity contribution < 1.29 is 18.8 Å². The Hall–Kier alpha value is -3.29. The van der Waals surface area contributed by atoms with E-state index in [4.69, 9.17) is 10.2 Å². The Kier molecular flexibility index (Phi) is 5.75. The SMILES string of the molecule is NC(=O)Nc1ccc(CNC(=O)C2CCCN(C(=O)c3ccoc3)C2)cc1. The van der Waals surface area contributed by atoms with Gasteiger partial charge in [-0.2, -0.15) is 0 Å². The van der Waals surface area contributed by atoms with Crippen molar-refractivity contribution in [2.24, 2.45) is 11.7 Å². The van der Waals surface area contributed by atoms with Crippen molar-refractivity contribution in [3.05, 3.63) is 54.0 Å². The molecule has 0 spiro atoms. The van der Waals surface area contributed by atoms with Gasteiger partial charge in [0.05, 0.1) is 17.7 Å². The zero-order valence-corrected chi connectivity index (χ0v) is 14.8. The summed E-state index contributed by atoms with van der Waals surface area (Å²) >= 11 is 0. The van der Waals surface area contributed by atoms with Gasteiger partial charge in [-0.25, -0.2) is 4.79 Å². The normalized spacial score (nSPS) is 16.6. The monoisotopic (exact) mass is 370 g/mol. The summed E-state index contributed by atoms with van der Waals surface area (Å²) in [4.78, 5) is 37.4. The van der Waals surface area contributed by atoms with Crippen LogP contribution < -0.4 is 16.4 Å². The maximum absolute atomic E-state index is 12.5. The Balaban J connectivity index is 1.51. The molecule has 1 atom stereocenters. The summed E-state index contributed by atoms with van der Waals surface area (Å²) in [6, 6.07) is 8.06. The van der Waals surface area contributed by atoms with E-state index in [-0.39, 0.29) is 17.7 Å². The summed E-state index contributed by atoms with van der Waals surface area (Å²) in [7, 11) is 0. The number of carbonyl (C=O) groups is 3. The molecule has 2 heterocycles. The van der Waals surface area contributed by atoms with E-state index < -0.39 is 6.03 Å². The van der Waals surface area contributed by atoms with Gasteiger partial charge in [-0.15, -0.1) is 0 Å². The van der Waals surface area contributed by atoms with Crippen LogP contribution in [0.3, 0.4) is 0 Å². The number of piperidine rings is 1. The number of amides is 4. The van der Waals surface area contributed by atoms with Gasteiger partial charge in [0.2, 0.25) is 5.91 Å². The minimum Gasteiger partial charge on any atom is -0.472 e. The second-order valence-corrected chi connectivity index (χ2v) is 6.51. The van der Waals surface area contributed by atoms with Crippen LogP contribution in [0.15, 0.2) is 47.3 Å². The van der Waals surface area contributed by atoms with Crippen molar-refractivity contribution in [1.29, 1.82) is 0 Å². The number of nitrogens with zero attached hydrogens (tertiary/aromatic N) is 1. The molecule has 1 aliphatic rings. The van der Waals surface area contributed by atoms with Crippen molar-refractivity contribution in [3.8, 4) is 0 Å². The number of anilines is 1. The second kappa shape index (κ2) is 8.39. The van der Waals surface area contributed by atoms with E-state index in [1.807, 2.05) is 0 Å². The minimum atomic E-state index is -0.622. The fraction of sp³-hybridized carbons (Fsp3) is 0.316. The lowest BCUT2D eigenvalue weighted by molar-refractivity contribution is -0.126. The van der Waals surface area contributed by atoms with Crippen LogP contribution in [0.2, 0.25) is 0 Å². The van der Waals surface area contributed by atoms with Gasteiger partial charge in [0.25, 0.3) is 5.91 Å². The first-order valence-corrected chi connectivity index (χ1v) is 8.77. The molecule has 4 N–H and O–H groups in total. The molecule has 3 rings (SSSR count). The van der Waals surface area contributed by atoms with Crippen LogP contribution in [0.4, 0.5) is 10.5 Å². The van der Waals surface area contributed by atoms with E-state index >= 15 is 0 Å². The topological polar surface area (TPSA) is 118 Å². The summed E-state index contributed by atoms with van der Waals surface area (Å²) in [5, 5.41) is 5.40. The van der Waals surface area contributed by atoms with Gasteiger partial charge < -0.3 is 25.7 Å². The number of hydrogen-bond acceptors (Lipinski definition) is 4. The fourth-order valence-electron chi connectivity index (χ4n) is 3.13. The molecule has 1 aromatic heterocycles. The maximum Gasteiger partial charge on any atom is 0.316 e. The van der Waals surface area contributed by atoms with Crippen LogP contribution in [0.1, 0.15) is 28.8 Å². The predicted octanol–water partition coefficient (Wildman–Crippen LogP) is 1.94. The molecule has 8 heteroatoms. The van der Waals surface area contributed by atoms with Crippen molar-refractivity contribution in [1.82, 2.24) is 10.2 Å². The third kappa shape index (κ3) is 4.87. The number of rotatable bonds is 5. The number of nitrogens with two attached hydrogens (primary N) is 1. The summed E-state index contributed by atoms with van der Waals surface area (Å²) in [5.74, 6) is -0.414. The summed E-state index contributed by atoms with van der Waals surface area (Å²) in [6.45, 7) is 1.42. The molecule has 27 heavy (non-hydrogen) atoms.